The van der Waals surface area contributed by atoms with Crippen molar-refractivity contribution < 1.29 is 23.9 Å². The Morgan fingerprint density at radius 3 is 1.17 bits per heavy atom. The van der Waals surface area contributed by atoms with Gasteiger partial charge in [-0.15, -0.1) is 0 Å². The lowest BCUT2D eigenvalue weighted by molar-refractivity contribution is -0.144. The van der Waals surface area contributed by atoms with Crippen molar-refractivity contribution in [1.82, 2.24) is 9.80 Å². The number of rotatable bonds is 39. The highest BCUT2D eigenvalue weighted by Crippen LogP contribution is 2.13. The fourth-order valence-electron chi connectivity index (χ4n) is 6.07. The van der Waals surface area contributed by atoms with Gasteiger partial charge in [0.25, 0.3) is 5.24 Å². The second-order valence-corrected chi connectivity index (χ2v) is 16.1. The highest BCUT2D eigenvalue weighted by molar-refractivity contribution is 8.13. The van der Waals surface area contributed by atoms with Gasteiger partial charge in [-0.25, -0.2) is 0 Å². The Bertz CT molecular complexity index is 836. The third-order valence-corrected chi connectivity index (χ3v) is 10.4. The van der Waals surface area contributed by atoms with E-state index in [9.17, 15) is 14.4 Å². The molecule has 0 aromatic rings. The van der Waals surface area contributed by atoms with Crippen molar-refractivity contribution in [2.45, 2.75) is 194 Å². The zero-order chi connectivity index (χ0) is 38.9. The van der Waals surface area contributed by atoms with Gasteiger partial charge in [-0.1, -0.05) is 153 Å². The lowest BCUT2D eigenvalue weighted by atomic mass is 10.1. The molecule has 0 aliphatic rings. The molecule has 7 nitrogen and oxygen atoms in total. The Kier molecular flexibility index (Phi) is 40.0. The number of ether oxygens (including phenoxy) is 2. The van der Waals surface area contributed by atoms with Gasteiger partial charge in [-0.2, -0.15) is 0 Å². The van der Waals surface area contributed by atoms with E-state index in [-0.39, 0.29) is 30.4 Å². The fraction of sp³-hybridized carbons (Fsp3) is 0.844. The molecule has 0 aromatic heterocycles. The number of esters is 2. The number of amides is 1. The third kappa shape index (κ3) is 39.7. The van der Waals surface area contributed by atoms with E-state index in [1.165, 1.54) is 127 Å². The summed E-state index contributed by atoms with van der Waals surface area (Å²) in [6, 6.07) is 0. The lowest BCUT2D eigenvalue weighted by Crippen LogP contribution is -2.35. The predicted molar refractivity (Wildman–Crippen MR) is 229 cm³/mol. The summed E-state index contributed by atoms with van der Waals surface area (Å²) in [5.74, 6) is 0.260. The Labute approximate surface area is 332 Å². The Balaban J connectivity index is 4.06. The topological polar surface area (TPSA) is 76.1 Å². The van der Waals surface area contributed by atoms with Crippen LogP contribution < -0.4 is 0 Å². The van der Waals surface area contributed by atoms with Crippen LogP contribution in [-0.2, 0) is 19.1 Å². The first kappa shape index (κ1) is 51.2. The van der Waals surface area contributed by atoms with E-state index in [0.29, 0.717) is 31.7 Å². The summed E-state index contributed by atoms with van der Waals surface area (Å²) in [5.41, 5.74) is 0. The minimum absolute atomic E-state index is 0.0755. The summed E-state index contributed by atoms with van der Waals surface area (Å²) < 4.78 is 11.0. The van der Waals surface area contributed by atoms with Gasteiger partial charge >= 0.3 is 11.9 Å². The number of hydrogen-bond acceptors (Lipinski definition) is 7. The van der Waals surface area contributed by atoms with Crippen molar-refractivity contribution in [3.8, 4) is 0 Å². The number of carbonyl (C=O) groups excluding carboxylic acids is 3. The largest absolute Gasteiger partial charge is 0.464 e. The molecule has 53 heavy (non-hydrogen) atoms. The van der Waals surface area contributed by atoms with Crippen LogP contribution in [0.15, 0.2) is 24.3 Å². The van der Waals surface area contributed by atoms with E-state index in [4.69, 9.17) is 9.47 Å². The average molecular weight is 765 g/mol. The second-order valence-electron chi connectivity index (χ2n) is 15.0. The van der Waals surface area contributed by atoms with Crippen molar-refractivity contribution in [3.05, 3.63) is 24.3 Å². The summed E-state index contributed by atoms with van der Waals surface area (Å²) in [6.07, 6.45) is 42.0. The molecule has 0 rings (SSSR count). The zero-order valence-corrected chi connectivity index (χ0v) is 36.0. The molecule has 0 aliphatic heterocycles. The molecule has 8 heteroatoms. The van der Waals surface area contributed by atoms with E-state index >= 15 is 0 Å². The molecule has 0 N–H and O–H groups in total. The monoisotopic (exact) mass is 765 g/mol. The van der Waals surface area contributed by atoms with Gasteiger partial charge in [0.2, 0.25) is 0 Å². The first-order chi connectivity index (χ1) is 25.9. The minimum atomic E-state index is -0.207. The van der Waals surface area contributed by atoms with Crippen LogP contribution in [0.1, 0.15) is 194 Å². The molecule has 0 bridgehead atoms. The van der Waals surface area contributed by atoms with Gasteiger partial charge < -0.3 is 19.3 Å². The molecule has 0 saturated heterocycles. The molecule has 0 spiro atoms. The average Bonchev–Trinajstić information content (AvgIpc) is 3.14. The van der Waals surface area contributed by atoms with Crippen LogP contribution >= 0.6 is 11.8 Å². The van der Waals surface area contributed by atoms with Crippen LogP contribution in [0.5, 0.6) is 0 Å². The molecule has 0 aromatic carbocycles. The molecule has 0 fully saturated rings. The van der Waals surface area contributed by atoms with Gasteiger partial charge in [0.05, 0.1) is 13.1 Å². The maximum Gasteiger partial charge on any atom is 0.305 e. The standard InChI is InChI=1S/C45H84N2O5S/c1-5-7-9-11-13-15-17-19-21-23-25-27-29-31-33-35-43(48)51-40-37-47(45(50)53-42-39-46(3)4)38-41-52-44(49)36-34-32-30-28-26-24-22-20-18-16-14-12-10-8-6-2/h19-22H,5-18,23-42H2,1-4H3. The highest BCUT2D eigenvalue weighted by Gasteiger charge is 2.16. The van der Waals surface area contributed by atoms with Crippen molar-refractivity contribution in [3.63, 3.8) is 0 Å². The molecule has 0 heterocycles. The van der Waals surface area contributed by atoms with Crippen molar-refractivity contribution >= 4 is 28.9 Å². The van der Waals surface area contributed by atoms with E-state index < -0.39 is 0 Å². The molecule has 0 atom stereocenters. The van der Waals surface area contributed by atoms with Crippen LogP contribution in [0.3, 0.4) is 0 Å². The number of nitrogens with zero attached hydrogens (tertiary/aromatic N) is 2. The van der Waals surface area contributed by atoms with Crippen LogP contribution in [0.2, 0.25) is 0 Å². The third-order valence-electron chi connectivity index (χ3n) is 9.56. The number of allylic oxidation sites excluding steroid dienone is 4. The molecular weight excluding hydrogens is 681 g/mol. The Morgan fingerprint density at radius 1 is 0.472 bits per heavy atom. The first-order valence-electron chi connectivity index (χ1n) is 22.1. The Morgan fingerprint density at radius 2 is 0.811 bits per heavy atom. The second kappa shape index (κ2) is 41.4. The molecule has 0 saturated carbocycles. The number of thioether (sulfide) groups is 1. The van der Waals surface area contributed by atoms with Gasteiger partial charge in [0, 0.05) is 25.1 Å². The maximum absolute atomic E-state index is 12.9. The van der Waals surface area contributed by atoms with Crippen LogP contribution in [0.25, 0.3) is 0 Å². The van der Waals surface area contributed by atoms with E-state index in [1.807, 2.05) is 19.0 Å². The van der Waals surface area contributed by atoms with E-state index in [0.717, 1.165) is 57.9 Å². The van der Waals surface area contributed by atoms with E-state index in [2.05, 4.69) is 38.2 Å². The van der Waals surface area contributed by atoms with Crippen molar-refractivity contribution in [2.24, 2.45) is 0 Å². The van der Waals surface area contributed by atoms with E-state index in [1.54, 1.807) is 4.90 Å². The molecule has 0 radical (unpaired) electrons. The number of unbranched alkanes of at least 4 members (excludes halogenated alkanes) is 22. The summed E-state index contributed by atoms with van der Waals surface area (Å²) in [4.78, 5) is 41.3. The summed E-state index contributed by atoms with van der Waals surface area (Å²) in [6.45, 7) is 6.24. The van der Waals surface area contributed by atoms with Crippen molar-refractivity contribution in [1.29, 1.82) is 0 Å². The maximum atomic E-state index is 12.9. The van der Waals surface area contributed by atoms with Crippen LogP contribution in [0.4, 0.5) is 4.79 Å². The van der Waals surface area contributed by atoms with Gasteiger partial charge in [-0.05, 0) is 78.3 Å². The normalized spacial score (nSPS) is 11.6. The number of hydrogen-bond donors (Lipinski definition) is 0. The van der Waals surface area contributed by atoms with Crippen LogP contribution in [-0.4, -0.2) is 79.7 Å². The smallest absolute Gasteiger partial charge is 0.305 e. The molecule has 310 valence electrons. The van der Waals surface area contributed by atoms with Gasteiger partial charge in [0.15, 0.2) is 0 Å². The van der Waals surface area contributed by atoms with Gasteiger partial charge in [0.1, 0.15) is 13.2 Å². The van der Waals surface area contributed by atoms with Crippen molar-refractivity contribution in [2.75, 3.05) is 52.7 Å². The summed E-state index contributed by atoms with van der Waals surface area (Å²) in [5, 5.41) is -0.0755. The summed E-state index contributed by atoms with van der Waals surface area (Å²) >= 11 is 1.25. The highest BCUT2D eigenvalue weighted by atomic mass is 32.2. The lowest BCUT2D eigenvalue weighted by Gasteiger charge is -2.22. The fourth-order valence-corrected chi connectivity index (χ4v) is 7.06. The van der Waals surface area contributed by atoms with Gasteiger partial charge in [-0.3, -0.25) is 14.4 Å². The molecule has 0 aliphatic carbocycles. The first-order valence-corrected chi connectivity index (χ1v) is 23.1. The predicted octanol–water partition coefficient (Wildman–Crippen LogP) is 12.9. The Hall–Kier alpha value is -1.80. The summed E-state index contributed by atoms with van der Waals surface area (Å²) in [7, 11) is 3.96. The molecule has 1 amide bonds. The quantitative estimate of drug-likeness (QED) is 0.0350. The zero-order valence-electron chi connectivity index (χ0n) is 35.2. The SMILES string of the molecule is CCCCCCCCC=CCCCCCCCC(=O)OCCN(CCOC(=O)CCCCCCCC=CCCCCCCCC)C(=O)SCCN(C)C. The molecular formula is C45H84N2O5S. The molecule has 0 unspecified atom stereocenters. The van der Waals surface area contributed by atoms with Crippen LogP contribution in [0, 0.1) is 0 Å². The number of carbonyl (C=O) groups is 3. The minimum Gasteiger partial charge on any atom is -0.464 e.